The highest BCUT2D eigenvalue weighted by Crippen LogP contribution is 2.24. The first kappa shape index (κ1) is 14.7. The van der Waals surface area contributed by atoms with Gasteiger partial charge in [-0.2, -0.15) is 5.10 Å². The summed E-state index contributed by atoms with van der Waals surface area (Å²) in [6, 6.07) is 0. The lowest BCUT2D eigenvalue weighted by Gasteiger charge is -2.05. The zero-order valence-corrected chi connectivity index (χ0v) is 13.1. The maximum atomic E-state index is 12.4. The maximum Gasteiger partial charge on any atom is 0.267 e. The van der Waals surface area contributed by atoms with Gasteiger partial charge in [0.2, 0.25) is 0 Å². The maximum absolute atomic E-state index is 12.4. The van der Waals surface area contributed by atoms with Crippen LogP contribution >= 0.6 is 11.3 Å². The van der Waals surface area contributed by atoms with Crippen LogP contribution in [0.2, 0.25) is 0 Å². The third-order valence-corrected chi connectivity index (χ3v) is 5.28. The normalized spacial score (nSPS) is 11.6. The Labute approximate surface area is 120 Å². The SMILES string of the molecule is CC(=O)c1csc(NS(=O)(=O)c2c(C)nn(C)c2C)n1. The minimum Gasteiger partial charge on any atom is -0.293 e. The number of aryl methyl sites for hydroxylation is 2. The summed E-state index contributed by atoms with van der Waals surface area (Å²) in [7, 11) is -2.08. The van der Waals surface area contributed by atoms with Gasteiger partial charge in [0.15, 0.2) is 10.9 Å². The van der Waals surface area contributed by atoms with E-state index in [2.05, 4.69) is 14.8 Å². The van der Waals surface area contributed by atoms with Gasteiger partial charge in [-0.25, -0.2) is 13.4 Å². The van der Waals surface area contributed by atoms with E-state index in [9.17, 15) is 13.2 Å². The van der Waals surface area contributed by atoms with E-state index in [-0.39, 0.29) is 21.5 Å². The number of hydrogen-bond acceptors (Lipinski definition) is 6. The van der Waals surface area contributed by atoms with Crippen molar-refractivity contribution < 1.29 is 13.2 Å². The van der Waals surface area contributed by atoms with Crippen LogP contribution in [0.15, 0.2) is 10.3 Å². The number of Topliss-reactive ketones (excluding diaryl/α,β-unsaturated/α-hetero) is 1. The Hall–Kier alpha value is -1.74. The van der Waals surface area contributed by atoms with E-state index in [4.69, 9.17) is 0 Å². The van der Waals surface area contributed by atoms with Gasteiger partial charge in [-0.3, -0.25) is 14.2 Å². The van der Waals surface area contributed by atoms with Crippen LogP contribution in [0.1, 0.15) is 28.8 Å². The Morgan fingerprint density at radius 2 is 2.05 bits per heavy atom. The fourth-order valence-corrected chi connectivity index (χ4v) is 4.23. The second kappa shape index (κ2) is 4.98. The Balaban J connectivity index is 2.38. The van der Waals surface area contributed by atoms with E-state index in [0.29, 0.717) is 11.4 Å². The average molecular weight is 314 g/mol. The molecule has 20 heavy (non-hydrogen) atoms. The third-order valence-electron chi connectivity index (χ3n) is 2.80. The van der Waals surface area contributed by atoms with Crippen molar-refractivity contribution in [2.75, 3.05) is 4.72 Å². The molecule has 0 unspecified atom stereocenters. The molecule has 2 aromatic rings. The number of nitrogens with one attached hydrogen (secondary N) is 1. The van der Waals surface area contributed by atoms with Crippen molar-refractivity contribution in [1.29, 1.82) is 0 Å². The zero-order chi connectivity index (χ0) is 15.1. The van der Waals surface area contributed by atoms with Crippen molar-refractivity contribution in [2.24, 2.45) is 7.05 Å². The molecule has 0 aliphatic rings. The summed E-state index contributed by atoms with van der Waals surface area (Å²) in [5.74, 6) is -0.208. The Bertz CT molecular complexity index is 774. The van der Waals surface area contributed by atoms with Crippen molar-refractivity contribution in [2.45, 2.75) is 25.7 Å². The number of aromatic nitrogens is 3. The molecule has 0 aliphatic carbocycles. The van der Waals surface area contributed by atoms with E-state index >= 15 is 0 Å². The van der Waals surface area contributed by atoms with E-state index in [1.807, 2.05) is 0 Å². The topological polar surface area (TPSA) is 94.0 Å². The number of hydrogen-bond donors (Lipinski definition) is 1. The quantitative estimate of drug-likeness (QED) is 0.863. The number of nitrogens with zero attached hydrogens (tertiary/aromatic N) is 3. The van der Waals surface area contributed by atoms with Crippen molar-refractivity contribution in [3.8, 4) is 0 Å². The molecule has 0 saturated carbocycles. The van der Waals surface area contributed by atoms with E-state index in [1.54, 1.807) is 20.9 Å². The molecule has 0 amide bonds. The number of carbonyl (C=O) groups excluding carboxylic acids is 1. The molecule has 0 fully saturated rings. The first-order valence-corrected chi connectivity index (χ1v) is 8.08. The highest BCUT2D eigenvalue weighted by Gasteiger charge is 2.25. The van der Waals surface area contributed by atoms with Crippen LogP contribution in [0.5, 0.6) is 0 Å². The standard InChI is InChI=1S/C11H14N4O3S2/c1-6-10(7(2)15(4)13-6)20(17,18)14-11-12-9(5-19-11)8(3)16/h5H,1-4H3,(H,12,14). The Morgan fingerprint density at radius 3 is 2.50 bits per heavy atom. The summed E-state index contributed by atoms with van der Waals surface area (Å²) < 4.78 is 28.6. The summed E-state index contributed by atoms with van der Waals surface area (Å²) in [6.07, 6.45) is 0. The predicted molar refractivity (Wildman–Crippen MR) is 75.6 cm³/mol. The number of rotatable bonds is 4. The number of anilines is 1. The molecule has 9 heteroatoms. The molecular weight excluding hydrogens is 300 g/mol. The molecule has 0 atom stereocenters. The third kappa shape index (κ3) is 2.59. The van der Waals surface area contributed by atoms with E-state index in [1.165, 1.54) is 17.0 Å². The molecule has 2 aromatic heterocycles. The minimum atomic E-state index is -3.76. The predicted octanol–water partition coefficient (Wildman–Crippen LogP) is 1.50. The highest BCUT2D eigenvalue weighted by atomic mass is 32.2. The van der Waals surface area contributed by atoms with Crippen molar-refractivity contribution in [3.05, 3.63) is 22.5 Å². The van der Waals surface area contributed by atoms with Gasteiger partial charge in [0.25, 0.3) is 10.0 Å². The largest absolute Gasteiger partial charge is 0.293 e. The van der Waals surface area contributed by atoms with Gasteiger partial charge in [0.1, 0.15) is 10.6 Å². The van der Waals surface area contributed by atoms with Crippen molar-refractivity contribution >= 4 is 32.3 Å². The minimum absolute atomic E-state index is 0.138. The van der Waals surface area contributed by atoms with Crippen LogP contribution in [0.4, 0.5) is 5.13 Å². The molecular formula is C11H14N4O3S2. The molecule has 0 aliphatic heterocycles. The molecule has 1 N–H and O–H groups in total. The first-order valence-electron chi connectivity index (χ1n) is 5.72. The molecule has 2 rings (SSSR count). The van der Waals surface area contributed by atoms with Crippen LogP contribution in [0.3, 0.4) is 0 Å². The number of thiazole rings is 1. The second-order valence-corrected chi connectivity index (χ2v) is 6.80. The van der Waals surface area contributed by atoms with Crippen LogP contribution in [-0.2, 0) is 17.1 Å². The van der Waals surface area contributed by atoms with Crippen molar-refractivity contribution in [3.63, 3.8) is 0 Å². The Morgan fingerprint density at radius 1 is 1.40 bits per heavy atom. The summed E-state index contributed by atoms with van der Waals surface area (Å²) in [5, 5.41) is 5.76. The number of ketones is 1. The zero-order valence-electron chi connectivity index (χ0n) is 11.5. The van der Waals surface area contributed by atoms with Crippen LogP contribution < -0.4 is 4.72 Å². The molecule has 0 saturated heterocycles. The summed E-state index contributed by atoms with van der Waals surface area (Å²) >= 11 is 1.07. The smallest absolute Gasteiger partial charge is 0.267 e. The summed E-state index contributed by atoms with van der Waals surface area (Å²) in [4.78, 5) is 15.2. The molecule has 0 radical (unpaired) electrons. The fourth-order valence-electron chi connectivity index (χ4n) is 1.79. The van der Waals surface area contributed by atoms with Crippen molar-refractivity contribution in [1.82, 2.24) is 14.8 Å². The van der Waals surface area contributed by atoms with Gasteiger partial charge in [-0.15, -0.1) is 11.3 Å². The van der Waals surface area contributed by atoms with Crippen LogP contribution in [0, 0.1) is 13.8 Å². The van der Waals surface area contributed by atoms with E-state index < -0.39 is 10.0 Å². The number of carbonyl (C=O) groups is 1. The van der Waals surface area contributed by atoms with Gasteiger partial charge in [0, 0.05) is 19.4 Å². The molecule has 0 bridgehead atoms. The Kier molecular flexibility index (Phi) is 3.65. The molecule has 7 nitrogen and oxygen atoms in total. The monoisotopic (exact) mass is 314 g/mol. The van der Waals surface area contributed by atoms with Gasteiger partial charge < -0.3 is 0 Å². The molecule has 0 aromatic carbocycles. The molecule has 108 valence electrons. The van der Waals surface area contributed by atoms with Crippen LogP contribution in [-0.4, -0.2) is 29.0 Å². The highest BCUT2D eigenvalue weighted by molar-refractivity contribution is 7.93. The second-order valence-electron chi connectivity index (χ2n) is 4.32. The number of sulfonamides is 1. The first-order chi connectivity index (χ1) is 9.22. The van der Waals surface area contributed by atoms with Gasteiger partial charge in [-0.1, -0.05) is 0 Å². The lowest BCUT2D eigenvalue weighted by Crippen LogP contribution is -2.15. The van der Waals surface area contributed by atoms with Gasteiger partial charge in [0.05, 0.1) is 11.4 Å². The van der Waals surface area contributed by atoms with Crippen LogP contribution in [0.25, 0.3) is 0 Å². The van der Waals surface area contributed by atoms with Gasteiger partial charge in [-0.05, 0) is 13.8 Å². The lowest BCUT2D eigenvalue weighted by molar-refractivity contribution is 0.101. The average Bonchev–Trinajstić information content (AvgIpc) is 2.84. The fraction of sp³-hybridized carbons (Fsp3) is 0.364. The lowest BCUT2D eigenvalue weighted by atomic mass is 10.4. The summed E-state index contributed by atoms with van der Waals surface area (Å²) in [6.45, 7) is 4.69. The van der Waals surface area contributed by atoms with E-state index in [0.717, 1.165) is 11.3 Å². The molecule has 0 spiro atoms. The molecule has 2 heterocycles. The van der Waals surface area contributed by atoms with Gasteiger partial charge >= 0.3 is 0 Å². The summed E-state index contributed by atoms with van der Waals surface area (Å²) in [5.41, 5.74) is 1.20.